The van der Waals surface area contributed by atoms with E-state index in [-0.39, 0.29) is 0 Å². The maximum atomic E-state index is 5.34. The minimum absolute atomic E-state index is 0.760. The van der Waals surface area contributed by atoms with Gasteiger partial charge in [-0.25, -0.2) is 0 Å². The summed E-state index contributed by atoms with van der Waals surface area (Å²) >= 11 is 3.27. The fourth-order valence-electron chi connectivity index (χ4n) is 1.05. The quantitative estimate of drug-likeness (QED) is 0.807. The first kappa shape index (κ1) is 10.8. The molecule has 0 atom stereocenters. The molecule has 0 bridgehead atoms. The Morgan fingerprint density at radius 2 is 2.23 bits per heavy atom. The Balaban J connectivity index is 2.13. The molecular weight excluding hydrogens is 230 g/mol. The van der Waals surface area contributed by atoms with Crippen molar-refractivity contribution in [3.63, 3.8) is 0 Å². The van der Waals surface area contributed by atoms with Crippen LogP contribution < -0.4 is 5.32 Å². The third-order valence-corrected chi connectivity index (χ3v) is 2.25. The minimum Gasteiger partial charge on any atom is -0.453 e. The summed E-state index contributed by atoms with van der Waals surface area (Å²) in [6, 6.07) is 3.89. The van der Waals surface area contributed by atoms with Crippen molar-refractivity contribution in [2.75, 3.05) is 6.54 Å². The van der Waals surface area contributed by atoms with Gasteiger partial charge in [0.1, 0.15) is 5.76 Å². The van der Waals surface area contributed by atoms with Gasteiger partial charge in [0, 0.05) is 0 Å². The summed E-state index contributed by atoms with van der Waals surface area (Å²) in [5.74, 6) is 1.74. The Morgan fingerprint density at radius 1 is 1.46 bits per heavy atom. The van der Waals surface area contributed by atoms with Gasteiger partial charge in [-0.2, -0.15) is 0 Å². The second-order valence-electron chi connectivity index (χ2n) is 3.57. The smallest absolute Gasteiger partial charge is 0.169 e. The van der Waals surface area contributed by atoms with Crippen LogP contribution in [0, 0.1) is 5.92 Å². The van der Waals surface area contributed by atoms with Crippen molar-refractivity contribution in [2.24, 2.45) is 5.92 Å². The zero-order valence-electron chi connectivity index (χ0n) is 8.14. The zero-order valence-corrected chi connectivity index (χ0v) is 9.73. The molecule has 0 amide bonds. The number of hydrogen-bond acceptors (Lipinski definition) is 2. The lowest BCUT2D eigenvalue weighted by atomic mass is 10.1. The Hall–Kier alpha value is -0.280. The van der Waals surface area contributed by atoms with E-state index in [0.29, 0.717) is 0 Å². The number of nitrogens with one attached hydrogen (secondary N) is 1. The van der Waals surface area contributed by atoms with Gasteiger partial charge in [0.05, 0.1) is 6.54 Å². The molecule has 0 fully saturated rings. The number of rotatable bonds is 5. The SMILES string of the molecule is CC(C)CCNCc1ccc(Br)o1. The first-order valence-corrected chi connectivity index (χ1v) is 5.42. The molecule has 0 radical (unpaired) electrons. The Kier molecular flexibility index (Phi) is 4.53. The van der Waals surface area contributed by atoms with Crippen LogP contribution >= 0.6 is 15.9 Å². The maximum absolute atomic E-state index is 5.34. The summed E-state index contributed by atoms with van der Waals surface area (Å²) in [5.41, 5.74) is 0. The average molecular weight is 246 g/mol. The lowest BCUT2D eigenvalue weighted by molar-refractivity contribution is 0.453. The normalized spacial score (nSPS) is 11.1. The molecule has 0 aliphatic rings. The van der Waals surface area contributed by atoms with Crippen molar-refractivity contribution in [2.45, 2.75) is 26.8 Å². The van der Waals surface area contributed by atoms with E-state index >= 15 is 0 Å². The highest BCUT2D eigenvalue weighted by Gasteiger charge is 1.98. The molecule has 0 aliphatic heterocycles. The zero-order chi connectivity index (χ0) is 9.68. The van der Waals surface area contributed by atoms with E-state index in [1.54, 1.807) is 0 Å². The van der Waals surface area contributed by atoms with Gasteiger partial charge in [0.2, 0.25) is 0 Å². The number of furan rings is 1. The lowest BCUT2D eigenvalue weighted by Crippen LogP contribution is -2.15. The summed E-state index contributed by atoms with van der Waals surface area (Å²) in [6.07, 6.45) is 1.21. The van der Waals surface area contributed by atoms with Crippen LogP contribution in [0.3, 0.4) is 0 Å². The van der Waals surface area contributed by atoms with Crippen LogP contribution in [0.1, 0.15) is 26.0 Å². The van der Waals surface area contributed by atoms with Crippen molar-refractivity contribution in [3.05, 3.63) is 22.6 Å². The predicted molar refractivity (Wildman–Crippen MR) is 57.6 cm³/mol. The Morgan fingerprint density at radius 3 is 2.77 bits per heavy atom. The summed E-state index contributed by atoms with van der Waals surface area (Å²) < 4.78 is 6.14. The van der Waals surface area contributed by atoms with Gasteiger partial charge >= 0.3 is 0 Å². The Labute approximate surface area is 87.8 Å². The Bertz CT molecular complexity index is 245. The van der Waals surface area contributed by atoms with E-state index in [4.69, 9.17) is 4.42 Å². The highest BCUT2D eigenvalue weighted by molar-refractivity contribution is 9.10. The molecule has 74 valence electrons. The third-order valence-electron chi connectivity index (χ3n) is 1.83. The van der Waals surface area contributed by atoms with Crippen molar-refractivity contribution >= 4 is 15.9 Å². The van der Waals surface area contributed by atoms with Crippen LogP contribution in [-0.2, 0) is 6.54 Å². The van der Waals surface area contributed by atoms with Crippen LogP contribution in [0.15, 0.2) is 21.2 Å². The van der Waals surface area contributed by atoms with Gasteiger partial charge in [-0.3, -0.25) is 0 Å². The maximum Gasteiger partial charge on any atom is 0.169 e. The number of hydrogen-bond donors (Lipinski definition) is 1. The molecule has 13 heavy (non-hydrogen) atoms. The van der Waals surface area contributed by atoms with Crippen LogP contribution in [0.5, 0.6) is 0 Å². The molecule has 0 saturated heterocycles. The van der Waals surface area contributed by atoms with Gasteiger partial charge in [-0.15, -0.1) is 0 Å². The summed E-state index contributed by atoms with van der Waals surface area (Å²) in [4.78, 5) is 0. The molecule has 1 heterocycles. The molecule has 0 aliphatic carbocycles. The van der Waals surface area contributed by atoms with Crippen molar-refractivity contribution < 1.29 is 4.42 Å². The number of halogens is 1. The third kappa shape index (κ3) is 4.48. The first-order chi connectivity index (χ1) is 6.18. The molecule has 3 heteroatoms. The van der Waals surface area contributed by atoms with E-state index in [0.717, 1.165) is 29.4 Å². The van der Waals surface area contributed by atoms with Gasteiger partial charge in [0.15, 0.2) is 4.67 Å². The topological polar surface area (TPSA) is 25.2 Å². The molecule has 0 unspecified atom stereocenters. The summed E-state index contributed by atoms with van der Waals surface area (Å²) in [6.45, 7) is 6.32. The molecule has 2 nitrogen and oxygen atoms in total. The molecule has 0 aromatic carbocycles. The molecule has 1 aromatic rings. The van der Waals surface area contributed by atoms with Gasteiger partial charge in [0.25, 0.3) is 0 Å². The minimum atomic E-state index is 0.760. The van der Waals surface area contributed by atoms with Crippen LogP contribution in [-0.4, -0.2) is 6.54 Å². The van der Waals surface area contributed by atoms with Gasteiger partial charge in [-0.05, 0) is 46.9 Å². The van der Waals surface area contributed by atoms with Crippen molar-refractivity contribution in [1.82, 2.24) is 5.32 Å². The fourth-order valence-corrected chi connectivity index (χ4v) is 1.39. The monoisotopic (exact) mass is 245 g/mol. The first-order valence-electron chi connectivity index (χ1n) is 4.63. The predicted octanol–water partition coefficient (Wildman–Crippen LogP) is 3.18. The van der Waals surface area contributed by atoms with Gasteiger partial charge < -0.3 is 9.73 Å². The molecular formula is C10H16BrNO. The summed E-state index contributed by atoms with van der Waals surface area (Å²) in [7, 11) is 0. The van der Waals surface area contributed by atoms with Gasteiger partial charge in [-0.1, -0.05) is 13.8 Å². The molecule has 1 N–H and O–H groups in total. The highest BCUT2D eigenvalue weighted by atomic mass is 79.9. The average Bonchev–Trinajstić information content (AvgIpc) is 2.45. The second kappa shape index (κ2) is 5.45. The highest BCUT2D eigenvalue weighted by Crippen LogP contribution is 2.13. The van der Waals surface area contributed by atoms with Crippen LogP contribution in [0.25, 0.3) is 0 Å². The second-order valence-corrected chi connectivity index (χ2v) is 4.35. The van der Waals surface area contributed by atoms with Crippen LogP contribution in [0.2, 0.25) is 0 Å². The van der Waals surface area contributed by atoms with E-state index in [1.165, 1.54) is 6.42 Å². The molecule has 0 spiro atoms. The largest absolute Gasteiger partial charge is 0.453 e. The van der Waals surface area contributed by atoms with E-state index in [9.17, 15) is 0 Å². The van der Waals surface area contributed by atoms with E-state index in [1.807, 2.05) is 12.1 Å². The lowest BCUT2D eigenvalue weighted by Gasteiger charge is -2.04. The van der Waals surface area contributed by atoms with E-state index in [2.05, 4.69) is 35.1 Å². The molecule has 1 aromatic heterocycles. The fraction of sp³-hybridized carbons (Fsp3) is 0.600. The molecule has 1 rings (SSSR count). The summed E-state index contributed by atoms with van der Waals surface area (Å²) in [5, 5.41) is 3.33. The van der Waals surface area contributed by atoms with E-state index < -0.39 is 0 Å². The standard InChI is InChI=1S/C10H16BrNO/c1-8(2)5-6-12-7-9-3-4-10(11)13-9/h3-4,8,12H,5-7H2,1-2H3. The van der Waals surface area contributed by atoms with Crippen molar-refractivity contribution in [3.8, 4) is 0 Å². The van der Waals surface area contributed by atoms with Crippen LogP contribution in [0.4, 0.5) is 0 Å². The van der Waals surface area contributed by atoms with Crippen molar-refractivity contribution in [1.29, 1.82) is 0 Å². The molecule has 0 saturated carbocycles.